The second-order valence-corrected chi connectivity index (χ2v) is 4.80. The third kappa shape index (κ3) is 6.29. The monoisotopic (exact) mass is 321 g/mol. The van der Waals surface area contributed by atoms with Crippen molar-refractivity contribution >= 4 is 23.5 Å². The van der Waals surface area contributed by atoms with Crippen LogP contribution in [0.1, 0.15) is 18.4 Å². The maximum atomic E-state index is 11.9. The molecule has 0 heterocycles. The Labute approximate surface area is 133 Å². The van der Waals surface area contributed by atoms with Crippen LogP contribution in [0.25, 0.3) is 0 Å². The van der Waals surface area contributed by atoms with E-state index in [1.165, 1.54) is 6.20 Å². The largest absolute Gasteiger partial charge is 0.481 e. The van der Waals surface area contributed by atoms with Crippen LogP contribution in [0.5, 0.6) is 0 Å². The van der Waals surface area contributed by atoms with Crippen LogP contribution in [0.2, 0.25) is 5.02 Å². The summed E-state index contributed by atoms with van der Waals surface area (Å²) in [7, 11) is 0. The smallest absolute Gasteiger partial charge is 0.303 e. The van der Waals surface area contributed by atoms with Crippen LogP contribution in [-0.4, -0.2) is 23.5 Å². The summed E-state index contributed by atoms with van der Waals surface area (Å²) in [6, 6.07) is 8.88. The van der Waals surface area contributed by atoms with Gasteiger partial charge in [0.25, 0.3) is 5.91 Å². The fourth-order valence-electron chi connectivity index (χ4n) is 1.58. The van der Waals surface area contributed by atoms with Crippen molar-refractivity contribution in [2.24, 2.45) is 0 Å². The van der Waals surface area contributed by atoms with Crippen molar-refractivity contribution in [3.8, 4) is 6.07 Å². The van der Waals surface area contributed by atoms with Crippen molar-refractivity contribution in [1.29, 1.82) is 5.26 Å². The zero-order chi connectivity index (χ0) is 16.4. The summed E-state index contributed by atoms with van der Waals surface area (Å²) in [5.74, 6) is -1.41. The maximum absolute atomic E-state index is 11.9. The quantitative estimate of drug-likeness (QED) is 0.385. The Bertz CT molecular complexity index is 608. The van der Waals surface area contributed by atoms with Crippen molar-refractivity contribution in [3.05, 3.63) is 46.6 Å². The number of carboxylic acid groups (broad SMARTS) is 1. The molecule has 0 aliphatic carbocycles. The van der Waals surface area contributed by atoms with Gasteiger partial charge in [-0.05, 0) is 18.1 Å². The molecule has 1 rings (SSSR count). The van der Waals surface area contributed by atoms with Crippen molar-refractivity contribution in [3.63, 3.8) is 0 Å². The first-order valence-corrected chi connectivity index (χ1v) is 6.99. The van der Waals surface area contributed by atoms with Gasteiger partial charge in [-0.15, -0.1) is 0 Å². The molecule has 1 aromatic rings. The van der Waals surface area contributed by atoms with Gasteiger partial charge in [0.15, 0.2) is 0 Å². The minimum Gasteiger partial charge on any atom is -0.481 e. The fraction of sp³-hybridized carbons (Fsp3) is 0.267. The van der Waals surface area contributed by atoms with Crippen LogP contribution in [0.15, 0.2) is 36.0 Å². The minimum absolute atomic E-state index is 0.0292. The molecule has 1 aromatic carbocycles. The summed E-state index contributed by atoms with van der Waals surface area (Å²) >= 11 is 5.97. The number of halogens is 1. The van der Waals surface area contributed by atoms with Crippen LogP contribution in [-0.2, 0) is 16.1 Å². The molecule has 0 unspecified atom stereocenters. The van der Waals surface area contributed by atoms with Crippen LogP contribution < -0.4 is 10.6 Å². The Kier molecular flexibility index (Phi) is 7.51. The molecule has 0 fully saturated rings. The molecule has 116 valence electrons. The summed E-state index contributed by atoms with van der Waals surface area (Å²) in [4.78, 5) is 22.2. The molecular weight excluding hydrogens is 306 g/mol. The van der Waals surface area contributed by atoms with Gasteiger partial charge in [0, 0.05) is 30.7 Å². The fourth-order valence-corrected chi connectivity index (χ4v) is 1.78. The van der Waals surface area contributed by atoms with Crippen LogP contribution >= 0.6 is 11.6 Å². The average Bonchev–Trinajstić information content (AvgIpc) is 2.49. The third-order valence-corrected chi connectivity index (χ3v) is 3.09. The van der Waals surface area contributed by atoms with E-state index >= 15 is 0 Å². The molecule has 0 spiro atoms. The molecule has 0 aliphatic rings. The van der Waals surface area contributed by atoms with Crippen molar-refractivity contribution in [2.75, 3.05) is 6.54 Å². The van der Waals surface area contributed by atoms with Crippen LogP contribution in [0.4, 0.5) is 0 Å². The first kappa shape index (κ1) is 17.5. The molecule has 1 amide bonds. The highest BCUT2D eigenvalue weighted by atomic mass is 35.5. The van der Waals surface area contributed by atoms with E-state index in [-0.39, 0.29) is 18.5 Å². The minimum atomic E-state index is -0.885. The van der Waals surface area contributed by atoms with Crippen molar-refractivity contribution in [1.82, 2.24) is 10.6 Å². The van der Waals surface area contributed by atoms with Gasteiger partial charge in [-0.3, -0.25) is 9.59 Å². The summed E-state index contributed by atoms with van der Waals surface area (Å²) < 4.78 is 0. The zero-order valence-corrected chi connectivity index (χ0v) is 12.6. The number of nitrogens with one attached hydrogen (secondary N) is 2. The number of carbonyl (C=O) groups is 2. The van der Waals surface area contributed by atoms with E-state index < -0.39 is 11.9 Å². The number of hydrogen-bond acceptors (Lipinski definition) is 4. The first-order valence-electron chi connectivity index (χ1n) is 6.61. The second kappa shape index (κ2) is 9.42. The molecular formula is C15H16ClN3O3. The number of hydrogen-bond donors (Lipinski definition) is 3. The van der Waals surface area contributed by atoms with Gasteiger partial charge < -0.3 is 15.7 Å². The predicted molar refractivity (Wildman–Crippen MR) is 81.9 cm³/mol. The topological polar surface area (TPSA) is 102 Å². The predicted octanol–water partition coefficient (Wildman–Crippen LogP) is 1.82. The van der Waals surface area contributed by atoms with E-state index in [1.54, 1.807) is 30.3 Å². The third-order valence-electron chi connectivity index (χ3n) is 2.72. The van der Waals surface area contributed by atoms with E-state index in [0.717, 1.165) is 5.56 Å². The van der Waals surface area contributed by atoms with Gasteiger partial charge >= 0.3 is 5.97 Å². The van der Waals surface area contributed by atoms with E-state index in [2.05, 4.69) is 10.6 Å². The Morgan fingerprint density at radius 1 is 1.36 bits per heavy atom. The second-order valence-electron chi connectivity index (χ2n) is 4.40. The lowest BCUT2D eigenvalue weighted by molar-refractivity contribution is -0.137. The Balaban J connectivity index is 2.46. The Morgan fingerprint density at radius 3 is 2.73 bits per heavy atom. The van der Waals surface area contributed by atoms with Crippen molar-refractivity contribution < 1.29 is 14.7 Å². The van der Waals surface area contributed by atoms with Crippen molar-refractivity contribution in [2.45, 2.75) is 19.4 Å². The normalized spacial score (nSPS) is 10.6. The average molecular weight is 322 g/mol. The number of amides is 1. The molecule has 0 radical (unpaired) electrons. The molecule has 0 atom stereocenters. The highest BCUT2D eigenvalue weighted by Crippen LogP contribution is 2.14. The van der Waals surface area contributed by atoms with E-state index in [4.69, 9.17) is 22.0 Å². The van der Waals surface area contributed by atoms with E-state index in [0.29, 0.717) is 18.0 Å². The van der Waals surface area contributed by atoms with E-state index in [1.807, 2.05) is 0 Å². The van der Waals surface area contributed by atoms with Gasteiger partial charge in [0.2, 0.25) is 0 Å². The number of carbonyl (C=O) groups excluding carboxylic acids is 1. The molecule has 0 aromatic heterocycles. The lowest BCUT2D eigenvalue weighted by atomic mass is 10.2. The Morgan fingerprint density at radius 2 is 2.09 bits per heavy atom. The molecule has 0 bridgehead atoms. The molecule has 7 heteroatoms. The van der Waals surface area contributed by atoms with Crippen LogP contribution in [0, 0.1) is 11.3 Å². The molecule has 3 N–H and O–H groups in total. The number of nitrogens with zero attached hydrogens (tertiary/aromatic N) is 1. The summed E-state index contributed by atoms with van der Waals surface area (Å²) in [6.07, 6.45) is 1.72. The lowest BCUT2D eigenvalue weighted by Gasteiger charge is -2.06. The number of aliphatic carboxylic acids is 1. The summed E-state index contributed by atoms with van der Waals surface area (Å²) in [5, 5.41) is 23.3. The Hall–Kier alpha value is -2.52. The van der Waals surface area contributed by atoms with Crippen LogP contribution in [0.3, 0.4) is 0 Å². The molecule has 6 nitrogen and oxygen atoms in total. The van der Waals surface area contributed by atoms with Gasteiger partial charge in [0.1, 0.15) is 11.6 Å². The first-order chi connectivity index (χ1) is 10.5. The highest BCUT2D eigenvalue weighted by Gasteiger charge is 2.09. The van der Waals surface area contributed by atoms with E-state index in [9.17, 15) is 9.59 Å². The maximum Gasteiger partial charge on any atom is 0.303 e. The number of carboxylic acids is 1. The van der Waals surface area contributed by atoms with Gasteiger partial charge in [-0.25, -0.2) is 0 Å². The van der Waals surface area contributed by atoms with Gasteiger partial charge in [-0.1, -0.05) is 29.8 Å². The number of nitriles is 1. The molecule has 0 aliphatic heterocycles. The van der Waals surface area contributed by atoms with Gasteiger partial charge in [0.05, 0.1) is 0 Å². The lowest BCUT2D eigenvalue weighted by Crippen LogP contribution is -2.25. The molecule has 0 saturated carbocycles. The number of benzene rings is 1. The highest BCUT2D eigenvalue weighted by molar-refractivity contribution is 6.31. The number of rotatable bonds is 8. The summed E-state index contributed by atoms with van der Waals surface area (Å²) in [6.45, 7) is 0.589. The summed E-state index contributed by atoms with van der Waals surface area (Å²) in [5.41, 5.74) is 0.673. The molecule has 22 heavy (non-hydrogen) atoms. The SMILES string of the molecule is N#C/C(=C/NCCCC(=O)O)C(=O)NCc1ccccc1Cl. The zero-order valence-electron chi connectivity index (χ0n) is 11.8. The standard InChI is InChI=1S/C15H16ClN3O3/c16-13-5-2-1-4-11(13)10-19-15(22)12(8-17)9-18-7-3-6-14(20)21/h1-2,4-5,9,18H,3,6-7,10H2,(H,19,22)(H,20,21)/b12-9-. The molecule has 0 saturated heterocycles. The van der Waals surface area contributed by atoms with Gasteiger partial charge in [-0.2, -0.15) is 5.26 Å².